The first-order valence-corrected chi connectivity index (χ1v) is 9.77. The third-order valence-electron chi connectivity index (χ3n) is 4.86. The van der Waals surface area contributed by atoms with Crippen LogP contribution in [-0.2, 0) is 4.79 Å². The summed E-state index contributed by atoms with van der Waals surface area (Å²) < 4.78 is 14.4. The van der Waals surface area contributed by atoms with Gasteiger partial charge in [-0.3, -0.25) is 4.79 Å². The molecule has 0 spiro atoms. The molecule has 1 saturated carbocycles. The Hall–Kier alpha value is -2.09. The van der Waals surface area contributed by atoms with Crippen molar-refractivity contribution in [1.82, 2.24) is 20.2 Å². The normalized spacial score (nSPS) is 21.3. The number of nitrogens with zero attached hydrogens (tertiary/aromatic N) is 3. The van der Waals surface area contributed by atoms with E-state index in [1.165, 1.54) is 35.0 Å². The maximum atomic E-state index is 13.1. The van der Waals surface area contributed by atoms with Gasteiger partial charge in [0, 0.05) is 11.6 Å². The van der Waals surface area contributed by atoms with Crippen molar-refractivity contribution < 1.29 is 9.18 Å². The molecular weight excluding hydrogens is 353 g/mol. The molecule has 1 aliphatic carbocycles. The maximum Gasteiger partial charge on any atom is 0.233 e. The Kier molecular flexibility index (Phi) is 5.80. The standard InChI is InChI=1S/C18H24FN5OS/c1-11-5-3-4-6-15(11)21-17(25)12(2)26-18-23-22-16(24(18)20)13-7-9-14(19)10-8-13/h7-12,15H,3-6,20H2,1-2H3,(H,21,25). The molecule has 1 heterocycles. The van der Waals surface area contributed by atoms with Crippen LogP contribution in [0.3, 0.4) is 0 Å². The Morgan fingerprint density at radius 2 is 2.00 bits per heavy atom. The second-order valence-corrected chi connectivity index (χ2v) is 8.13. The minimum Gasteiger partial charge on any atom is -0.352 e. The summed E-state index contributed by atoms with van der Waals surface area (Å²) in [5.74, 6) is 6.67. The van der Waals surface area contributed by atoms with E-state index in [9.17, 15) is 9.18 Å². The average molecular weight is 377 g/mol. The van der Waals surface area contributed by atoms with E-state index in [2.05, 4.69) is 22.4 Å². The fourth-order valence-electron chi connectivity index (χ4n) is 3.20. The number of thioether (sulfide) groups is 1. The molecular formula is C18H24FN5OS. The molecule has 1 fully saturated rings. The zero-order valence-corrected chi connectivity index (χ0v) is 15.8. The summed E-state index contributed by atoms with van der Waals surface area (Å²) in [4.78, 5) is 12.5. The van der Waals surface area contributed by atoms with E-state index in [4.69, 9.17) is 5.84 Å². The number of nitrogen functional groups attached to an aromatic ring is 1. The van der Waals surface area contributed by atoms with Crippen LogP contribution in [0.1, 0.15) is 39.5 Å². The smallest absolute Gasteiger partial charge is 0.233 e. The number of nitrogens with one attached hydrogen (secondary N) is 1. The summed E-state index contributed by atoms with van der Waals surface area (Å²) in [5, 5.41) is 11.4. The summed E-state index contributed by atoms with van der Waals surface area (Å²) in [5.41, 5.74) is 0.668. The molecule has 3 N–H and O–H groups in total. The summed E-state index contributed by atoms with van der Waals surface area (Å²) >= 11 is 1.26. The lowest BCUT2D eigenvalue weighted by molar-refractivity contribution is -0.121. The highest BCUT2D eigenvalue weighted by molar-refractivity contribution is 8.00. The topological polar surface area (TPSA) is 85.8 Å². The molecule has 6 nitrogen and oxygen atoms in total. The van der Waals surface area contributed by atoms with E-state index in [0.717, 1.165) is 19.3 Å². The van der Waals surface area contributed by atoms with E-state index >= 15 is 0 Å². The van der Waals surface area contributed by atoms with Gasteiger partial charge in [0.15, 0.2) is 5.82 Å². The first-order valence-electron chi connectivity index (χ1n) is 8.89. The van der Waals surface area contributed by atoms with E-state index in [1.807, 2.05) is 6.92 Å². The number of amides is 1. The van der Waals surface area contributed by atoms with Crippen molar-refractivity contribution in [3.63, 3.8) is 0 Å². The van der Waals surface area contributed by atoms with Crippen molar-refractivity contribution in [2.45, 2.75) is 56.0 Å². The van der Waals surface area contributed by atoms with Crippen molar-refractivity contribution >= 4 is 17.7 Å². The van der Waals surface area contributed by atoms with Crippen LogP contribution in [0, 0.1) is 11.7 Å². The second-order valence-electron chi connectivity index (χ2n) is 6.82. The molecule has 3 unspecified atom stereocenters. The number of carbonyl (C=O) groups is 1. The van der Waals surface area contributed by atoms with Crippen LogP contribution in [-0.4, -0.2) is 32.1 Å². The second kappa shape index (κ2) is 8.07. The van der Waals surface area contributed by atoms with Crippen LogP contribution in [0.4, 0.5) is 4.39 Å². The zero-order valence-electron chi connectivity index (χ0n) is 15.0. The summed E-state index contributed by atoms with van der Waals surface area (Å²) in [7, 11) is 0. The number of aromatic nitrogens is 3. The van der Waals surface area contributed by atoms with Gasteiger partial charge in [0.25, 0.3) is 0 Å². The van der Waals surface area contributed by atoms with Gasteiger partial charge in [-0.25, -0.2) is 9.07 Å². The summed E-state index contributed by atoms with van der Waals surface area (Å²) in [6, 6.07) is 6.12. The Labute approximate surface area is 156 Å². The fourth-order valence-corrected chi connectivity index (χ4v) is 3.97. The van der Waals surface area contributed by atoms with Crippen LogP contribution in [0.25, 0.3) is 11.4 Å². The number of hydrogen-bond acceptors (Lipinski definition) is 5. The van der Waals surface area contributed by atoms with E-state index in [1.54, 1.807) is 12.1 Å². The largest absolute Gasteiger partial charge is 0.352 e. The molecule has 0 radical (unpaired) electrons. The maximum absolute atomic E-state index is 13.1. The van der Waals surface area contributed by atoms with Gasteiger partial charge in [-0.1, -0.05) is 31.5 Å². The van der Waals surface area contributed by atoms with E-state index in [-0.39, 0.29) is 23.0 Å². The number of carbonyl (C=O) groups excluding carboxylic acids is 1. The predicted octanol–water partition coefficient (Wildman–Crippen LogP) is 2.97. The molecule has 26 heavy (non-hydrogen) atoms. The molecule has 0 aliphatic heterocycles. The minimum absolute atomic E-state index is 0.0138. The number of rotatable bonds is 5. The van der Waals surface area contributed by atoms with Crippen LogP contribution >= 0.6 is 11.8 Å². The van der Waals surface area contributed by atoms with Gasteiger partial charge in [0.2, 0.25) is 11.1 Å². The SMILES string of the molecule is CC(Sc1nnc(-c2ccc(F)cc2)n1N)C(=O)NC1CCCCC1C. The lowest BCUT2D eigenvalue weighted by Gasteiger charge is -2.30. The third kappa shape index (κ3) is 4.17. The zero-order chi connectivity index (χ0) is 18.7. The van der Waals surface area contributed by atoms with Crippen LogP contribution in [0.2, 0.25) is 0 Å². The highest BCUT2D eigenvalue weighted by atomic mass is 32.2. The quantitative estimate of drug-likeness (QED) is 0.618. The fraction of sp³-hybridized carbons (Fsp3) is 0.500. The number of halogens is 1. The molecule has 1 amide bonds. The number of benzene rings is 1. The van der Waals surface area contributed by atoms with Gasteiger partial charge < -0.3 is 11.2 Å². The monoisotopic (exact) mass is 377 g/mol. The van der Waals surface area contributed by atoms with Crippen LogP contribution in [0.5, 0.6) is 0 Å². The van der Waals surface area contributed by atoms with Crippen molar-refractivity contribution in [1.29, 1.82) is 0 Å². The van der Waals surface area contributed by atoms with Crippen molar-refractivity contribution in [2.75, 3.05) is 5.84 Å². The highest BCUT2D eigenvalue weighted by Crippen LogP contribution is 2.27. The van der Waals surface area contributed by atoms with Gasteiger partial charge in [-0.05, 0) is 49.9 Å². The van der Waals surface area contributed by atoms with Crippen molar-refractivity contribution in [3.05, 3.63) is 30.1 Å². The van der Waals surface area contributed by atoms with E-state index < -0.39 is 0 Å². The molecule has 0 bridgehead atoms. The predicted molar refractivity (Wildman–Crippen MR) is 100 cm³/mol. The minimum atomic E-state index is -0.336. The van der Waals surface area contributed by atoms with Gasteiger partial charge in [0.05, 0.1) is 5.25 Å². The number of nitrogens with two attached hydrogens (primary N) is 1. The summed E-state index contributed by atoms with van der Waals surface area (Å²) in [6.45, 7) is 4.02. The lowest BCUT2D eigenvalue weighted by Crippen LogP contribution is -2.44. The molecule has 1 aromatic heterocycles. The third-order valence-corrected chi connectivity index (χ3v) is 5.91. The van der Waals surface area contributed by atoms with Crippen molar-refractivity contribution in [3.8, 4) is 11.4 Å². The molecule has 1 aromatic carbocycles. The average Bonchev–Trinajstić information content (AvgIpc) is 2.98. The Morgan fingerprint density at radius 1 is 1.31 bits per heavy atom. The van der Waals surface area contributed by atoms with Gasteiger partial charge in [-0.2, -0.15) is 0 Å². The molecule has 2 aromatic rings. The first kappa shape index (κ1) is 18.7. The highest BCUT2D eigenvalue weighted by Gasteiger charge is 2.26. The Balaban J connectivity index is 1.65. The molecule has 1 aliphatic rings. The molecule has 8 heteroatoms. The van der Waals surface area contributed by atoms with E-state index in [0.29, 0.717) is 22.5 Å². The van der Waals surface area contributed by atoms with Gasteiger partial charge in [-0.15, -0.1) is 10.2 Å². The Bertz CT molecular complexity index is 763. The van der Waals surface area contributed by atoms with Crippen LogP contribution in [0.15, 0.2) is 29.4 Å². The summed E-state index contributed by atoms with van der Waals surface area (Å²) in [6.07, 6.45) is 4.59. The van der Waals surface area contributed by atoms with Gasteiger partial charge in [0.1, 0.15) is 5.82 Å². The number of hydrogen-bond donors (Lipinski definition) is 2. The molecule has 140 valence electrons. The van der Waals surface area contributed by atoms with Crippen LogP contribution < -0.4 is 11.2 Å². The first-order chi connectivity index (χ1) is 12.5. The Morgan fingerprint density at radius 3 is 2.69 bits per heavy atom. The molecule has 3 atom stereocenters. The molecule has 0 saturated heterocycles. The molecule has 3 rings (SSSR count). The van der Waals surface area contributed by atoms with Crippen molar-refractivity contribution in [2.24, 2.45) is 5.92 Å². The van der Waals surface area contributed by atoms with Gasteiger partial charge >= 0.3 is 0 Å². The lowest BCUT2D eigenvalue weighted by atomic mass is 9.86.